The maximum atomic E-state index is 11.0. The molecule has 0 aliphatic rings. The number of pyridine rings is 1. The highest BCUT2D eigenvalue weighted by Crippen LogP contribution is 2.27. The molecule has 0 aliphatic heterocycles. The zero-order chi connectivity index (χ0) is 15.0. The molecule has 3 rings (SSSR count). The molecular formula is C12H7N5O4. The van der Waals surface area contributed by atoms with Gasteiger partial charge in [-0.15, -0.1) is 5.10 Å². The van der Waals surface area contributed by atoms with E-state index in [2.05, 4.69) is 10.1 Å². The summed E-state index contributed by atoms with van der Waals surface area (Å²) >= 11 is 0. The quantitative estimate of drug-likeness (QED) is 0.538. The molecule has 0 saturated carbocycles. The van der Waals surface area contributed by atoms with Gasteiger partial charge in [0.1, 0.15) is 6.20 Å². The van der Waals surface area contributed by atoms with Crippen molar-refractivity contribution >= 4 is 17.0 Å². The fourth-order valence-corrected chi connectivity index (χ4v) is 1.92. The molecule has 2 aromatic heterocycles. The van der Waals surface area contributed by atoms with E-state index in [9.17, 15) is 20.2 Å². The third-order valence-electron chi connectivity index (χ3n) is 2.87. The Labute approximate surface area is 116 Å². The molecule has 9 nitrogen and oxygen atoms in total. The Kier molecular flexibility index (Phi) is 2.79. The van der Waals surface area contributed by atoms with Crippen molar-refractivity contribution in [3.05, 3.63) is 62.8 Å². The van der Waals surface area contributed by atoms with Crippen LogP contribution < -0.4 is 0 Å². The lowest BCUT2D eigenvalue weighted by atomic mass is 10.2. The van der Waals surface area contributed by atoms with Crippen LogP contribution in [0.1, 0.15) is 0 Å². The Hall–Kier alpha value is -3.36. The number of aromatic nitrogens is 3. The zero-order valence-corrected chi connectivity index (χ0v) is 10.4. The molecular weight excluding hydrogens is 278 g/mol. The molecule has 0 bridgehead atoms. The number of hydrogen-bond donors (Lipinski definition) is 0. The molecule has 0 atom stereocenters. The van der Waals surface area contributed by atoms with Crippen LogP contribution in [0.5, 0.6) is 0 Å². The van der Waals surface area contributed by atoms with Crippen molar-refractivity contribution in [2.24, 2.45) is 0 Å². The summed E-state index contributed by atoms with van der Waals surface area (Å²) in [5.41, 5.74) is 0.368. The normalized spacial score (nSPS) is 10.7. The van der Waals surface area contributed by atoms with Crippen LogP contribution in [0.2, 0.25) is 0 Å². The van der Waals surface area contributed by atoms with Crippen LogP contribution in [-0.4, -0.2) is 24.4 Å². The smallest absolute Gasteiger partial charge is 0.258 e. The van der Waals surface area contributed by atoms with E-state index in [1.54, 1.807) is 12.1 Å². The van der Waals surface area contributed by atoms with Crippen molar-refractivity contribution in [1.82, 2.24) is 14.6 Å². The van der Waals surface area contributed by atoms with Crippen LogP contribution in [0.3, 0.4) is 0 Å². The molecule has 0 aliphatic carbocycles. The van der Waals surface area contributed by atoms with E-state index in [0.717, 1.165) is 0 Å². The topological polar surface area (TPSA) is 116 Å². The van der Waals surface area contributed by atoms with Crippen molar-refractivity contribution in [1.29, 1.82) is 0 Å². The first-order valence-electron chi connectivity index (χ1n) is 5.81. The third-order valence-corrected chi connectivity index (χ3v) is 2.87. The van der Waals surface area contributed by atoms with Gasteiger partial charge in [-0.1, -0.05) is 12.1 Å². The summed E-state index contributed by atoms with van der Waals surface area (Å²) in [6.45, 7) is 0. The van der Waals surface area contributed by atoms with E-state index in [1.165, 1.54) is 35.0 Å². The maximum absolute atomic E-state index is 11.0. The van der Waals surface area contributed by atoms with Gasteiger partial charge in [0.25, 0.3) is 11.4 Å². The minimum absolute atomic E-state index is 0.122. The molecule has 9 heteroatoms. The predicted octanol–water partition coefficient (Wildman–Crippen LogP) is 2.21. The highest BCUT2D eigenvalue weighted by Gasteiger charge is 2.19. The number of nitrogens with zero attached hydrogens (tertiary/aromatic N) is 5. The van der Waals surface area contributed by atoms with Gasteiger partial charge in [-0.25, -0.2) is 9.50 Å². The van der Waals surface area contributed by atoms with Gasteiger partial charge >= 0.3 is 0 Å². The van der Waals surface area contributed by atoms with Gasteiger partial charge in [0, 0.05) is 12.1 Å². The number of hydrogen-bond acceptors (Lipinski definition) is 6. The molecule has 1 aromatic carbocycles. The van der Waals surface area contributed by atoms with E-state index < -0.39 is 9.85 Å². The summed E-state index contributed by atoms with van der Waals surface area (Å²) in [5.74, 6) is 0.141. The van der Waals surface area contributed by atoms with Crippen molar-refractivity contribution in [2.75, 3.05) is 0 Å². The second-order valence-electron chi connectivity index (χ2n) is 4.16. The third kappa shape index (κ3) is 2.16. The molecule has 2 heterocycles. The molecule has 0 saturated heterocycles. The van der Waals surface area contributed by atoms with E-state index >= 15 is 0 Å². The van der Waals surface area contributed by atoms with Gasteiger partial charge in [0.05, 0.1) is 15.4 Å². The van der Waals surface area contributed by atoms with E-state index in [1.807, 2.05) is 0 Å². The zero-order valence-electron chi connectivity index (χ0n) is 10.4. The summed E-state index contributed by atoms with van der Waals surface area (Å²) in [7, 11) is 0. The Bertz CT molecular complexity index is 873. The van der Waals surface area contributed by atoms with E-state index in [-0.39, 0.29) is 22.8 Å². The van der Waals surface area contributed by atoms with Crippen molar-refractivity contribution < 1.29 is 9.85 Å². The maximum Gasteiger partial charge on any atom is 0.287 e. The lowest BCUT2D eigenvalue weighted by Crippen LogP contribution is -1.94. The average Bonchev–Trinajstić information content (AvgIpc) is 2.89. The Morgan fingerprint density at radius 2 is 1.76 bits per heavy atom. The minimum Gasteiger partial charge on any atom is -0.258 e. The first-order chi connectivity index (χ1) is 10.1. The largest absolute Gasteiger partial charge is 0.287 e. The lowest BCUT2D eigenvalue weighted by molar-refractivity contribution is -0.385. The van der Waals surface area contributed by atoms with E-state index in [0.29, 0.717) is 5.65 Å². The molecule has 104 valence electrons. The van der Waals surface area contributed by atoms with Gasteiger partial charge in [-0.05, 0) is 12.1 Å². The molecule has 0 spiro atoms. The summed E-state index contributed by atoms with van der Waals surface area (Å²) in [4.78, 5) is 24.8. The molecule has 0 N–H and O–H groups in total. The first kappa shape index (κ1) is 12.7. The summed E-state index contributed by atoms with van der Waals surface area (Å²) in [6.07, 6.45) is 1.21. The molecule has 0 radical (unpaired) electrons. The van der Waals surface area contributed by atoms with Crippen LogP contribution in [0.25, 0.3) is 17.0 Å². The SMILES string of the molecule is O=[N+]([O-])c1ccc2nc(-c3ccccc3[N+](=O)[O-])nn2c1. The highest BCUT2D eigenvalue weighted by molar-refractivity contribution is 5.69. The van der Waals surface area contributed by atoms with Crippen LogP contribution in [0.15, 0.2) is 42.6 Å². The van der Waals surface area contributed by atoms with Crippen molar-refractivity contribution in [2.45, 2.75) is 0 Å². The van der Waals surface area contributed by atoms with Crippen LogP contribution in [0.4, 0.5) is 11.4 Å². The Morgan fingerprint density at radius 3 is 2.48 bits per heavy atom. The van der Waals surface area contributed by atoms with Gasteiger partial charge in [0.15, 0.2) is 11.5 Å². The number of para-hydroxylation sites is 1. The fourth-order valence-electron chi connectivity index (χ4n) is 1.92. The minimum atomic E-state index is -0.550. The lowest BCUT2D eigenvalue weighted by Gasteiger charge is -1.96. The number of nitro benzene ring substituents is 1. The van der Waals surface area contributed by atoms with Crippen LogP contribution >= 0.6 is 0 Å². The number of benzene rings is 1. The van der Waals surface area contributed by atoms with E-state index in [4.69, 9.17) is 0 Å². The summed E-state index contributed by atoms with van der Waals surface area (Å²) in [5, 5.41) is 25.8. The number of rotatable bonds is 3. The molecule has 3 aromatic rings. The monoisotopic (exact) mass is 285 g/mol. The van der Waals surface area contributed by atoms with Crippen molar-refractivity contribution in [3.8, 4) is 11.4 Å². The molecule has 21 heavy (non-hydrogen) atoms. The average molecular weight is 285 g/mol. The molecule has 0 amide bonds. The van der Waals surface area contributed by atoms with Crippen LogP contribution in [-0.2, 0) is 0 Å². The van der Waals surface area contributed by atoms with Crippen LogP contribution in [0, 0.1) is 20.2 Å². The van der Waals surface area contributed by atoms with Gasteiger partial charge < -0.3 is 0 Å². The second-order valence-corrected chi connectivity index (χ2v) is 4.16. The summed E-state index contributed by atoms with van der Waals surface area (Å²) < 4.78 is 1.23. The summed E-state index contributed by atoms with van der Waals surface area (Å²) in [6, 6.07) is 8.79. The standard InChI is InChI=1S/C12H7N5O4/c18-16(19)8-5-6-11-13-12(14-15(11)7-8)9-3-1-2-4-10(9)17(20)21/h1-7H. The van der Waals surface area contributed by atoms with Crippen molar-refractivity contribution in [3.63, 3.8) is 0 Å². The Morgan fingerprint density at radius 1 is 1.00 bits per heavy atom. The molecule has 0 unspecified atom stereocenters. The van der Waals surface area contributed by atoms with Gasteiger partial charge in [-0.3, -0.25) is 20.2 Å². The van der Waals surface area contributed by atoms with Gasteiger partial charge in [0.2, 0.25) is 0 Å². The number of nitro groups is 2. The fraction of sp³-hybridized carbons (Fsp3) is 0. The van der Waals surface area contributed by atoms with Gasteiger partial charge in [-0.2, -0.15) is 0 Å². The molecule has 0 fully saturated rings. The predicted molar refractivity (Wildman–Crippen MR) is 71.7 cm³/mol. The number of fused-ring (bicyclic) bond motifs is 1. The first-order valence-corrected chi connectivity index (χ1v) is 5.81. The Balaban J connectivity index is 2.18. The second kappa shape index (κ2) is 4.63. The highest BCUT2D eigenvalue weighted by atomic mass is 16.6.